The zero-order chi connectivity index (χ0) is 27.4. The van der Waals surface area contributed by atoms with Gasteiger partial charge in [0.25, 0.3) is 5.91 Å². The van der Waals surface area contributed by atoms with Gasteiger partial charge in [-0.2, -0.15) is 0 Å². The number of fused-ring (bicyclic) bond motifs is 2. The van der Waals surface area contributed by atoms with E-state index in [9.17, 15) is 9.59 Å². The van der Waals surface area contributed by atoms with Gasteiger partial charge in [-0.05, 0) is 49.7 Å². The number of esters is 1. The Bertz CT molecular complexity index is 1480. The quantitative estimate of drug-likeness (QED) is 0.270. The summed E-state index contributed by atoms with van der Waals surface area (Å²) in [4.78, 5) is 38.6. The Morgan fingerprint density at radius 3 is 2.64 bits per heavy atom. The molecule has 4 aromatic rings. The van der Waals surface area contributed by atoms with E-state index in [0.717, 1.165) is 65.1 Å². The minimum absolute atomic E-state index is 0.335. The molecule has 0 saturated heterocycles. The Morgan fingerprint density at radius 1 is 1.10 bits per heavy atom. The van der Waals surface area contributed by atoms with Crippen LogP contribution in [0.15, 0.2) is 53.9 Å². The Morgan fingerprint density at radius 2 is 1.90 bits per heavy atom. The zero-order valence-electron chi connectivity index (χ0n) is 22.4. The Balaban J connectivity index is 1.35. The molecular weight excluding hydrogens is 512 g/mol. The molecule has 0 radical (unpaired) electrons. The largest absolute Gasteiger partial charge is 0.497 e. The van der Waals surface area contributed by atoms with Crippen molar-refractivity contribution in [2.24, 2.45) is 0 Å². The first kappa shape index (κ1) is 26.8. The van der Waals surface area contributed by atoms with Crippen LogP contribution in [0, 0.1) is 0 Å². The number of nitrogens with one attached hydrogen (secondary N) is 1. The van der Waals surface area contributed by atoms with Crippen molar-refractivity contribution in [3.8, 4) is 17.0 Å². The fraction of sp³-hybridized carbons (Fsp3) is 0.333. The maximum absolute atomic E-state index is 13.7. The van der Waals surface area contributed by atoms with E-state index in [1.54, 1.807) is 7.11 Å². The number of nitrogens with zero attached hydrogens (tertiary/aromatic N) is 3. The lowest BCUT2D eigenvalue weighted by Crippen LogP contribution is -2.35. The second-order valence-electron chi connectivity index (χ2n) is 9.51. The topological polar surface area (TPSA) is 93.7 Å². The maximum atomic E-state index is 13.7. The van der Waals surface area contributed by atoms with E-state index in [1.165, 1.54) is 11.3 Å². The van der Waals surface area contributed by atoms with Crippen LogP contribution < -0.4 is 10.1 Å². The Labute approximate surface area is 232 Å². The van der Waals surface area contributed by atoms with Crippen molar-refractivity contribution in [1.29, 1.82) is 0 Å². The molecule has 8 nitrogen and oxygen atoms in total. The minimum Gasteiger partial charge on any atom is -0.497 e. The Kier molecular flexibility index (Phi) is 8.18. The number of methoxy groups -OCH3 is 1. The average molecular weight is 545 g/mol. The van der Waals surface area contributed by atoms with Gasteiger partial charge in [0, 0.05) is 47.1 Å². The van der Waals surface area contributed by atoms with Crippen molar-refractivity contribution < 1.29 is 19.1 Å². The van der Waals surface area contributed by atoms with E-state index in [-0.39, 0.29) is 0 Å². The number of rotatable bonds is 9. The van der Waals surface area contributed by atoms with Crippen LogP contribution in [0.5, 0.6) is 5.75 Å². The summed E-state index contributed by atoms with van der Waals surface area (Å²) in [5.41, 5.74) is 4.77. The number of aromatic nitrogens is 2. The molecule has 0 fully saturated rings. The lowest BCUT2D eigenvalue weighted by molar-refractivity contribution is -0.124. The molecule has 0 saturated carbocycles. The first-order valence-electron chi connectivity index (χ1n) is 13.2. The fourth-order valence-corrected chi connectivity index (χ4v) is 5.63. The SMILES string of the molecule is CCCN1CCc2nc3ccccc3c(C(=O)OC(CC)C(=O)Nc3nc(-c4ccc(OC)cc4)cs3)c2C1. The van der Waals surface area contributed by atoms with Gasteiger partial charge in [0.05, 0.1) is 23.9 Å². The molecular formula is C30H32N4O4S. The first-order chi connectivity index (χ1) is 19.0. The van der Waals surface area contributed by atoms with Gasteiger partial charge in [-0.25, -0.2) is 9.78 Å². The van der Waals surface area contributed by atoms with Gasteiger partial charge in [0.1, 0.15) is 5.75 Å². The van der Waals surface area contributed by atoms with Gasteiger partial charge in [-0.3, -0.25) is 20.0 Å². The summed E-state index contributed by atoms with van der Waals surface area (Å²) in [6.45, 7) is 6.48. The smallest absolute Gasteiger partial charge is 0.340 e. The van der Waals surface area contributed by atoms with E-state index in [4.69, 9.17) is 14.5 Å². The molecule has 39 heavy (non-hydrogen) atoms. The number of benzene rings is 2. The third kappa shape index (κ3) is 5.79. The lowest BCUT2D eigenvalue weighted by atomic mass is 9.95. The van der Waals surface area contributed by atoms with E-state index in [0.29, 0.717) is 23.7 Å². The van der Waals surface area contributed by atoms with Crippen LogP contribution in [0.3, 0.4) is 0 Å². The van der Waals surface area contributed by atoms with E-state index < -0.39 is 18.0 Å². The molecule has 3 heterocycles. The van der Waals surface area contributed by atoms with Crippen molar-refractivity contribution in [2.75, 3.05) is 25.5 Å². The predicted molar refractivity (Wildman–Crippen MR) is 153 cm³/mol. The summed E-state index contributed by atoms with van der Waals surface area (Å²) < 4.78 is 11.1. The van der Waals surface area contributed by atoms with Crippen LogP contribution in [-0.4, -0.2) is 53.0 Å². The highest BCUT2D eigenvalue weighted by molar-refractivity contribution is 7.14. The second-order valence-corrected chi connectivity index (χ2v) is 10.4. The number of amides is 1. The molecule has 0 bridgehead atoms. The van der Waals surface area contributed by atoms with Crippen LogP contribution in [0.4, 0.5) is 5.13 Å². The molecule has 1 N–H and O–H groups in total. The van der Waals surface area contributed by atoms with Crippen molar-refractivity contribution in [3.63, 3.8) is 0 Å². The summed E-state index contributed by atoms with van der Waals surface area (Å²) in [7, 11) is 1.62. The van der Waals surface area contributed by atoms with Crippen molar-refractivity contribution in [2.45, 2.75) is 45.8 Å². The number of carbonyl (C=O) groups is 2. The molecule has 9 heteroatoms. The van der Waals surface area contributed by atoms with Crippen LogP contribution in [0.2, 0.25) is 0 Å². The maximum Gasteiger partial charge on any atom is 0.340 e. The average Bonchev–Trinajstić information content (AvgIpc) is 3.43. The van der Waals surface area contributed by atoms with Gasteiger partial charge in [0.2, 0.25) is 0 Å². The fourth-order valence-electron chi connectivity index (χ4n) is 4.91. The molecule has 0 aliphatic carbocycles. The molecule has 1 unspecified atom stereocenters. The van der Waals surface area contributed by atoms with Crippen LogP contribution in [0.1, 0.15) is 48.3 Å². The van der Waals surface area contributed by atoms with Gasteiger partial charge in [-0.1, -0.05) is 32.0 Å². The monoisotopic (exact) mass is 544 g/mol. The first-order valence-corrected chi connectivity index (χ1v) is 14.1. The summed E-state index contributed by atoms with van der Waals surface area (Å²) in [6.07, 6.45) is 1.19. The van der Waals surface area contributed by atoms with Gasteiger partial charge < -0.3 is 9.47 Å². The van der Waals surface area contributed by atoms with E-state index in [1.807, 2.05) is 60.8 Å². The zero-order valence-corrected chi connectivity index (χ0v) is 23.2. The molecule has 0 spiro atoms. The van der Waals surface area contributed by atoms with Crippen molar-refractivity contribution in [1.82, 2.24) is 14.9 Å². The van der Waals surface area contributed by atoms with Gasteiger partial charge in [-0.15, -0.1) is 11.3 Å². The van der Waals surface area contributed by atoms with E-state index in [2.05, 4.69) is 22.1 Å². The number of anilines is 1. The van der Waals surface area contributed by atoms with Crippen LogP contribution >= 0.6 is 11.3 Å². The molecule has 1 aliphatic heterocycles. The van der Waals surface area contributed by atoms with Crippen LogP contribution in [0.25, 0.3) is 22.2 Å². The third-order valence-electron chi connectivity index (χ3n) is 6.90. The minimum atomic E-state index is -0.955. The summed E-state index contributed by atoms with van der Waals surface area (Å²) >= 11 is 1.32. The normalized spacial score (nSPS) is 14.0. The number of pyridine rings is 1. The highest BCUT2D eigenvalue weighted by atomic mass is 32.1. The number of ether oxygens (including phenoxy) is 2. The standard InChI is InChI=1S/C30H32N4O4S/c1-4-15-34-16-14-24-22(17-34)27(21-8-6-7-9-23(21)31-24)29(36)38-26(5-2)28(35)33-30-32-25(18-39-30)19-10-12-20(37-3)13-11-19/h6-13,18,26H,4-5,14-17H2,1-3H3,(H,32,33,35). The molecule has 202 valence electrons. The third-order valence-corrected chi connectivity index (χ3v) is 7.66. The van der Waals surface area contributed by atoms with Gasteiger partial charge >= 0.3 is 5.97 Å². The number of carbonyl (C=O) groups excluding carboxylic acids is 2. The predicted octanol–water partition coefficient (Wildman–Crippen LogP) is 5.71. The Hall–Kier alpha value is -3.82. The van der Waals surface area contributed by atoms with Crippen molar-refractivity contribution >= 4 is 39.2 Å². The van der Waals surface area contributed by atoms with Crippen LogP contribution in [-0.2, 0) is 22.5 Å². The highest BCUT2D eigenvalue weighted by Gasteiger charge is 2.29. The number of para-hydroxylation sites is 1. The van der Waals surface area contributed by atoms with Crippen molar-refractivity contribution in [3.05, 3.63) is 70.7 Å². The summed E-state index contributed by atoms with van der Waals surface area (Å²) in [6, 6.07) is 15.2. The number of hydrogen-bond acceptors (Lipinski definition) is 8. The number of hydrogen-bond donors (Lipinski definition) is 1. The molecule has 2 aromatic carbocycles. The second kappa shape index (κ2) is 11.9. The molecule has 2 aromatic heterocycles. The van der Waals surface area contributed by atoms with E-state index >= 15 is 0 Å². The summed E-state index contributed by atoms with van der Waals surface area (Å²) in [5, 5.41) is 5.90. The number of thiazole rings is 1. The molecule has 5 rings (SSSR count). The molecule has 1 atom stereocenters. The molecule has 1 aliphatic rings. The highest BCUT2D eigenvalue weighted by Crippen LogP contribution is 2.30. The lowest BCUT2D eigenvalue weighted by Gasteiger charge is -2.29. The summed E-state index contributed by atoms with van der Waals surface area (Å²) in [5.74, 6) is -0.138. The van der Waals surface area contributed by atoms with Gasteiger partial charge in [0.15, 0.2) is 11.2 Å². The molecule has 1 amide bonds.